The number of piperazine rings is 1. The minimum absolute atomic E-state index is 0.00740. The quantitative estimate of drug-likeness (QED) is 0.121. The lowest BCUT2D eigenvalue weighted by Gasteiger charge is -2.38. The van der Waals surface area contributed by atoms with E-state index in [9.17, 15) is 29.1 Å². The van der Waals surface area contributed by atoms with Gasteiger partial charge in [-0.2, -0.15) is 0 Å². The van der Waals surface area contributed by atoms with Gasteiger partial charge in [0.2, 0.25) is 11.8 Å². The number of amides is 5. The van der Waals surface area contributed by atoms with Gasteiger partial charge < -0.3 is 44.9 Å². The fourth-order valence-electron chi connectivity index (χ4n) is 7.55. The smallest absolute Gasteiger partial charge is 0.420 e. The molecule has 60 heavy (non-hydrogen) atoms. The molecular formula is C42H52Br2N8O8. The minimum atomic E-state index is -1.10. The number of nitrogens with zero attached hydrogens (tertiary/aromatic N) is 5. The Morgan fingerprint density at radius 2 is 1.57 bits per heavy atom. The molecule has 0 radical (unpaired) electrons. The first kappa shape index (κ1) is 44.5. The first-order valence-electron chi connectivity index (χ1n) is 20.2. The maximum absolute atomic E-state index is 14.4. The first-order chi connectivity index (χ1) is 28.7. The van der Waals surface area contributed by atoms with Crippen LogP contribution in [0.2, 0.25) is 0 Å². The molecule has 0 bridgehead atoms. The van der Waals surface area contributed by atoms with Crippen LogP contribution in [-0.4, -0.2) is 112 Å². The number of pyridine rings is 1. The molecule has 4 N–H and O–H groups in total. The average Bonchev–Trinajstić information content (AvgIpc) is 3.56. The molecule has 2 aromatic carbocycles. The Kier molecular flexibility index (Phi) is 14.8. The fourth-order valence-corrected chi connectivity index (χ4v) is 8.83. The van der Waals surface area contributed by atoms with Crippen molar-refractivity contribution in [3.05, 3.63) is 86.0 Å². The van der Waals surface area contributed by atoms with Crippen LogP contribution in [-0.2, 0) is 20.7 Å². The number of carbonyl (C=O) groups excluding carboxylic acids is 4. The van der Waals surface area contributed by atoms with Crippen LogP contribution in [0.4, 0.5) is 15.3 Å². The summed E-state index contributed by atoms with van der Waals surface area (Å²) >= 11 is 6.74. The Labute approximate surface area is 365 Å². The van der Waals surface area contributed by atoms with Crippen LogP contribution in [0.15, 0.2) is 79.1 Å². The molecule has 18 heteroatoms. The van der Waals surface area contributed by atoms with E-state index < -0.39 is 41.5 Å². The number of phenolic OH excluding ortho intramolecular Hbond substituents is 1. The highest BCUT2D eigenvalue weighted by Gasteiger charge is 2.33. The second-order valence-corrected chi connectivity index (χ2v) is 17.8. The van der Waals surface area contributed by atoms with Gasteiger partial charge in [0.15, 0.2) is 5.58 Å². The van der Waals surface area contributed by atoms with Crippen molar-refractivity contribution in [2.24, 2.45) is 0 Å². The molecule has 0 spiro atoms. The number of ether oxygens (including phenoxy) is 1. The van der Waals surface area contributed by atoms with Gasteiger partial charge in [-0.1, -0.05) is 12.1 Å². The molecule has 2 aromatic heterocycles. The maximum Gasteiger partial charge on any atom is 0.420 e. The van der Waals surface area contributed by atoms with E-state index in [1.165, 1.54) is 0 Å². The summed E-state index contributed by atoms with van der Waals surface area (Å²) in [5, 5.41) is 19.1. The summed E-state index contributed by atoms with van der Waals surface area (Å²) in [5.74, 6) is -1.23. The van der Waals surface area contributed by atoms with Gasteiger partial charge >= 0.3 is 17.9 Å². The molecule has 0 unspecified atom stereocenters. The summed E-state index contributed by atoms with van der Waals surface area (Å²) in [4.78, 5) is 77.2. The molecule has 2 saturated heterocycles. The number of hydrogen-bond donors (Lipinski definition) is 4. The maximum atomic E-state index is 14.4. The number of oxazole rings is 1. The van der Waals surface area contributed by atoms with Crippen molar-refractivity contribution >= 4 is 72.6 Å². The molecule has 16 nitrogen and oxygen atoms in total. The summed E-state index contributed by atoms with van der Waals surface area (Å²) in [6, 6.07) is 11.8. The predicted octanol–water partition coefficient (Wildman–Crippen LogP) is 5.71. The molecule has 4 heterocycles. The monoisotopic (exact) mass is 954 g/mol. The summed E-state index contributed by atoms with van der Waals surface area (Å²) in [6.45, 7) is 8.42. The Morgan fingerprint density at radius 1 is 0.900 bits per heavy atom. The molecule has 0 aliphatic carbocycles. The molecule has 2 atom stereocenters. The molecule has 5 amide bonds. The van der Waals surface area contributed by atoms with Crippen LogP contribution in [0.1, 0.15) is 64.5 Å². The number of fused-ring (bicyclic) bond motifs is 1. The van der Waals surface area contributed by atoms with Crippen LogP contribution in [0, 0.1) is 0 Å². The number of benzene rings is 2. The van der Waals surface area contributed by atoms with Gasteiger partial charge in [0.1, 0.15) is 23.4 Å². The fraction of sp³-hybridized carbons (Fsp3) is 0.476. The van der Waals surface area contributed by atoms with E-state index in [0.717, 1.165) is 5.69 Å². The third-order valence-electron chi connectivity index (χ3n) is 10.6. The standard InChI is InChI=1S/C42H52Br2N8O8/c1-42(2,3)60-40(57)46-15-7-6-8-32(38(55)50-22-20-49(21-23-50)28-11-16-45-17-12-28)47-37(54)33(26-27-24-30(43)36(53)31(44)25-27)48-39(56)51-18-13-29(14-19-51)52-34-9-4-5-10-35(34)59-41(52)58/h4-5,9-12,16-17,24-25,29,32-33,53H,6-8,13-15,18-23,26H2,1-3H3,(H,46,57)(H,47,54)(H,48,56)/t32-,33+/m0/s1. The highest BCUT2D eigenvalue weighted by atomic mass is 79.9. The summed E-state index contributed by atoms with van der Waals surface area (Å²) in [5.41, 5.74) is 2.22. The molecule has 4 aromatic rings. The highest BCUT2D eigenvalue weighted by molar-refractivity contribution is 9.11. The van der Waals surface area contributed by atoms with Crippen LogP contribution in [0.25, 0.3) is 11.1 Å². The second-order valence-electron chi connectivity index (χ2n) is 16.0. The van der Waals surface area contributed by atoms with Gasteiger partial charge in [-0.25, -0.2) is 14.4 Å². The SMILES string of the molecule is CC(C)(C)OC(=O)NCCCC[C@H](NC(=O)[C@@H](Cc1cc(Br)c(O)c(Br)c1)NC(=O)N1CCC(n2c(=O)oc3ccccc32)CC1)C(=O)N1CCN(c2ccncc2)CC1. The van der Waals surface area contributed by atoms with Crippen LogP contribution in [0.5, 0.6) is 5.75 Å². The Balaban J connectivity index is 1.15. The third kappa shape index (κ3) is 11.6. The molecule has 322 valence electrons. The molecule has 2 aliphatic heterocycles. The van der Waals surface area contributed by atoms with Crippen LogP contribution >= 0.6 is 31.9 Å². The van der Waals surface area contributed by atoms with Gasteiger partial charge in [-0.15, -0.1) is 0 Å². The van der Waals surface area contributed by atoms with Crippen molar-refractivity contribution in [3.8, 4) is 5.75 Å². The number of nitrogens with one attached hydrogen (secondary N) is 3. The lowest BCUT2D eigenvalue weighted by atomic mass is 10.0. The Morgan fingerprint density at radius 3 is 2.23 bits per heavy atom. The minimum Gasteiger partial charge on any atom is -0.506 e. The number of carbonyl (C=O) groups is 4. The number of phenols is 1. The lowest BCUT2D eigenvalue weighted by molar-refractivity contribution is -0.137. The van der Waals surface area contributed by atoms with Crippen molar-refractivity contribution in [2.45, 2.75) is 83.0 Å². The van der Waals surface area contributed by atoms with E-state index in [2.05, 4.69) is 57.7 Å². The zero-order valence-electron chi connectivity index (χ0n) is 34.0. The predicted molar refractivity (Wildman–Crippen MR) is 233 cm³/mol. The number of likely N-dealkylation sites (tertiary alicyclic amines) is 1. The number of aromatic nitrogens is 2. The van der Waals surface area contributed by atoms with Crippen molar-refractivity contribution in [1.82, 2.24) is 35.3 Å². The van der Waals surface area contributed by atoms with E-state index >= 15 is 0 Å². The van der Waals surface area contributed by atoms with E-state index in [1.54, 1.807) is 71.8 Å². The van der Waals surface area contributed by atoms with Crippen LogP contribution in [0.3, 0.4) is 0 Å². The lowest BCUT2D eigenvalue weighted by Crippen LogP contribution is -2.59. The summed E-state index contributed by atoms with van der Waals surface area (Å²) in [7, 11) is 0. The highest BCUT2D eigenvalue weighted by Crippen LogP contribution is 2.34. The average molecular weight is 957 g/mol. The van der Waals surface area contributed by atoms with E-state index in [-0.39, 0.29) is 30.5 Å². The van der Waals surface area contributed by atoms with Crippen molar-refractivity contribution in [3.63, 3.8) is 0 Å². The number of aromatic hydroxyl groups is 1. The van der Waals surface area contributed by atoms with Gasteiger partial charge in [-0.05, 0) is 127 Å². The largest absolute Gasteiger partial charge is 0.506 e. The van der Waals surface area contributed by atoms with Gasteiger partial charge in [0.25, 0.3) is 0 Å². The number of rotatable bonds is 13. The third-order valence-corrected chi connectivity index (χ3v) is 11.8. The number of alkyl carbamates (subject to hydrolysis) is 1. The number of urea groups is 1. The summed E-state index contributed by atoms with van der Waals surface area (Å²) < 4.78 is 13.2. The second kappa shape index (κ2) is 20.0. The zero-order valence-corrected chi connectivity index (χ0v) is 37.2. The molecule has 0 saturated carbocycles. The van der Waals surface area contributed by atoms with E-state index in [0.29, 0.717) is 97.1 Å². The number of para-hydroxylation sites is 2. The van der Waals surface area contributed by atoms with Crippen LogP contribution < -0.4 is 26.6 Å². The normalized spacial score (nSPS) is 16.0. The molecule has 2 fully saturated rings. The van der Waals surface area contributed by atoms with E-state index in [4.69, 9.17) is 9.15 Å². The number of piperidine rings is 1. The van der Waals surface area contributed by atoms with Crippen molar-refractivity contribution < 1.29 is 33.4 Å². The number of anilines is 1. The van der Waals surface area contributed by atoms with E-state index in [1.807, 2.05) is 24.3 Å². The number of halogens is 2. The molecule has 6 rings (SSSR count). The topological polar surface area (TPSA) is 192 Å². The van der Waals surface area contributed by atoms with Gasteiger partial charge in [0.05, 0.1) is 14.5 Å². The first-order valence-corrected chi connectivity index (χ1v) is 21.8. The molecular weight excluding hydrogens is 904 g/mol. The zero-order chi connectivity index (χ0) is 43.0. The number of unbranched alkanes of at least 4 members (excludes halogenated alkanes) is 1. The van der Waals surface area contributed by atoms with Gasteiger partial charge in [0, 0.05) is 76.4 Å². The van der Waals surface area contributed by atoms with Crippen molar-refractivity contribution in [2.75, 3.05) is 50.7 Å². The number of hydrogen-bond acceptors (Lipinski definition) is 10. The Hall–Kier alpha value is -5.10. The van der Waals surface area contributed by atoms with Gasteiger partial charge in [-0.3, -0.25) is 19.1 Å². The van der Waals surface area contributed by atoms with Crippen molar-refractivity contribution in [1.29, 1.82) is 0 Å². The summed E-state index contributed by atoms with van der Waals surface area (Å²) in [6.07, 6.45) is 5.30. The Bertz CT molecular complexity index is 2170. The molecule has 2 aliphatic rings.